The van der Waals surface area contributed by atoms with Gasteiger partial charge in [-0.25, -0.2) is 0 Å². The number of aryl methyl sites for hydroxylation is 1. The molecule has 19 heavy (non-hydrogen) atoms. The van der Waals surface area contributed by atoms with Gasteiger partial charge in [0.2, 0.25) is 0 Å². The Morgan fingerprint density at radius 1 is 1.21 bits per heavy atom. The van der Waals surface area contributed by atoms with Crippen molar-refractivity contribution in [3.8, 4) is 0 Å². The lowest BCUT2D eigenvalue weighted by Crippen LogP contribution is -2.08. The number of nitrogens with one attached hydrogen (secondary N) is 1. The maximum absolute atomic E-state index is 12.8. The summed E-state index contributed by atoms with van der Waals surface area (Å²) in [7, 11) is 0. The van der Waals surface area contributed by atoms with E-state index in [0.29, 0.717) is 12.2 Å². The maximum atomic E-state index is 12.8. The van der Waals surface area contributed by atoms with Gasteiger partial charge in [-0.3, -0.25) is 0 Å². The van der Waals surface area contributed by atoms with Crippen molar-refractivity contribution in [2.45, 2.75) is 19.6 Å². The van der Waals surface area contributed by atoms with Crippen molar-refractivity contribution in [2.75, 3.05) is 5.32 Å². The van der Waals surface area contributed by atoms with E-state index in [9.17, 15) is 13.2 Å². The highest BCUT2D eigenvalue weighted by atomic mass is 79.9. The lowest BCUT2D eigenvalue weighted by atomic mass is 10.1. The molecule has 1 heterocycles. The first-order valence-electron chi connectivity index (χ1n) is 5.52. The molecule has 0 unspecified atom stereocenters. The molecular weight excluding hydrogens is 339 g/mol. The smallest absolute Gasteiger partial charge is 0.380 e. The zero-order chi connectivity index (χ0) is 14.0. The van der Waals surface area contributed by atoms with Crippen LogP contribution in [0.5, 0.6) is 0 Å². The van der Waals surface area contributed by atoms with E-state index in [-0.39, 0.29) is 5.56 Å². The van der Waals surface area contributed by atoms with Crippen molar-refractivity contribution >= 4 is 33.0 Å². The van der Waals surface area contributed by atoms with Crippen LogP contribution < -0.4 is 5.32 Å². The summed E-state index contributed by atoms with van der Waals surface area (Å²) in [6, 6.07) is 8.14. The highest BCUT2D eigenvalue weighted by molar-refractivity contribution is 9.11. The fourth-order valence-corrected chi connectivity index (χ4v) is 3.10. The summed E-state index contributed by atoms with van der Waals surface area (Å²) in [4.78, 5) is 1.06. The molecule has 1 aromatic carbocycles. The highest BCUT2D eigenvalue weighted by Gasteiger charge is 2.32. The van der Waals surface area contributed by atoms with Gasteiger partial charge in [0.1, 0.15) is 0 Å². The summed E-state index contributed by atoms with van der Waals surface area (Å²) in [5.74, 6) is 0. The summed E-state index contributed by atoms with van der Waals surface area (Å²) < 4.78 is 39.3. The Kier molecular flexibility index (Phi) is 4.20. The quantitative estimate of drug-likeness (QED) is 0.776. The molecule has 0 bridgehead atoms. The molecule has 1 aromatic heterocycles. The monoisotopic (exact) mass is 349 g/mol. The molecule has 0 spiro atoms. The second-order valence-electron chi connectivity index (χ2n) is 4.09. The third kappa shape index (κ3) is 3.73. The van der Waals surface area contributed by atoms with Crippen LogP contribution in [-0.2, 0) is 12.7 Å². The van der Waals surface area contributed by atoms with Gasteiger partial charge in [0, 0.05) is 17.1 Å². The molecule has 0 saturated carbocycles. The number of hydrogen-bond donors (Lipinski definition) is 1. The van der Waals surface area contributed by atoms with E-state index in [4.69, 9.17) is 0 Å². The Morgan fingerprint density at radius 2 is 1.95 bits per heavy atom. The van der Waals surface area contributed by atoms with Crippen LogP contribution in [0.15, 0.2) is 34.1 Å². The minimum Gasteiger partial charge on any atom is -0.380 e. The molecule has 0 atom stereocenters. The van der Waals surface area contributed by atoms with Gasteiger partial charge in [-0.05, 0) is 52.7 Å². The Labute approximate surface area is 121 Å². The first kappa shape index (κ1) is 14.4. The Morgan fingerprint density at radius 3 is 2.53 bits per heavy atom. The number of rotatable bonds is 3. The standard InChI is InChI=1S/C13H11BrF3NS/c1-8-2-3-9(6-11(8)13(15,16)17)18-7-10-4-5-12(14)19-10/h2-6,18H,7H2,1H3. The van der Waals surface area contributed by atoms with Gasteiger partial charge in [0.05, 0.1) is 9.35 Å². The molecular formula is C13H11BrF3NS. The van der Waals surface area contributed by atoms with Crippen LogP contribution in [0, 0.1) is 6.92 Å². The predicted octanol–water partition coefficient (Wildman–Crippen LogP) is 5.45. The second kappa shape index (κ2) is 5.54. The Hall–Kier alpha value is -1.01. The van der Waals surface area contributed by atoms with Gasteiger partial charge in [-0.1, -0.05) is 6.07 Å². The molecule has 2 aromatic rings. The minimum absolute atomic E-state index is 0.233. The van der Waals surface area contributed by atoms with Gasteiger partial charge in [0.25, 0.3) is 0 Å². The third-order valence-electron chi connectivity index (χ3n) is 2.64. The SMILES string of the molecule is Cc1ccc(NCc2ccc(Br)s2)cc1C(F)(F)F. The lowest BCUT2D eigenvalue weighted by Gasteiger charge is -2.13. The molecule has 2 rings (SSSR count). The highest BCUT2D eigenvalue weighted by Crippen LogP contribution is 2.33. The largest absolute Gasteiger partial charge is 0.416 e. The van der Waals surface area contributed by atoms with Crippen molar-refractivity contribution in [3.05, 3.63) is 50.1 Å². The Balaban J connectivity index is 2.13. The van der Waals surface area contributed by atoms with E-state index < -0.39 is 11.7 Å². The zero-order valence-corrected chi connectivity index (χ0v) is 12.4. The van der Waals surface area contributed by atoms with Crippen molar-refractivity contribution < 1.29 is 13.2 Å². The number of benzene rings is 1. The average Bonchev–Trinajstić information content (AvgIpc) is 2.72. The molecule has 0 aliphatic rings. The molecule has 0 saturated heterocycles. The predicted molar refractivity (Wildman–Crippen MR) is 75.5 cm³/mol. The van der Waals surface area contributed by atoms with Crippen LogP contribution in [0.1, 0.15) is 16.0 Å². The number of alkyl halides is 3. The topological polar surface area (TPSA) is 12.0 Å². The molecule has 0 radical (unpaired) electrons. The Bertz CT molecular complexity index is 578. The molecule has 6 heteroatoms. The summed E-state index contributed by atoms with van der Waals surface area (Å²) in [5.41, 5.74) is 0.115. The van der Waals surface area contributed by atoms with Crippen LogP contribution in [-0.4, -0.2) is 0 Å². The van der Waals surface area contributed by atoms with Crippen LogP contribution in [0.25, 0.3) is 0 Å². The summed E-state index contributed by atoms with van der Waals surface area (Å²) >= 11 is 4.90. The van der Waals surface area contributed by atoms with Crippen molar-refractivity contribution in [2.24, 2.45) is 0 Å². The first-order valence-corrected chi connectivity index (χ1v) is 7.13. The molecule has 0 aliphatic heterocycles. The number of thiophene rings is 1. The third-order valence-corrected chi connectivity index (χ3v) is 4.26. The summed E-state index contributed by atoms with van der Waals surface area (Å²) in [6.07, 6.45) is -4.31. The number of anilines is 1. The lowest BCUT2D eigenvalue weighted by molar-refractivity contribution is -0.138. The number of hydrogen-bond acceptors (Lipinski definition) is 2. The van der Waals surface area contributed by atoms with Crippen molar-refractivity contribution in [1.29, 1.82) is 0 Å². The molecule has 1 nitrogen and oxygen atoms in total. The van der Waals surface area contributed by atoms with E-state index in [0.717, 1.165) is 14.7 Å². The van der Waals surface area contributed by atoms with E-state index >= 15 is 0 Å². The van der Waals surface area contributed by atoms with Gasteiger partial charge < -0.3 is 5.32 Å². The average molecular weight is 350 g/mol. The molecule has 102 valence electrons. The molecule has 0 fully saturated rings. The van der Waals surface area contributed by atoms with Crippen molar-refractivity contribution in [1.82, 2.24) is 0 Å². The van der Waals surface area contributed by atoms with E-state index in [1.54, 1.807) is 17.4 Å². The van der Waals surface area contributed by atoms with Gasteiger partial charge in [-0.15, -0.1) is 11.3 Å². The van der Waals surface area contributed by atoms with Gasteiger partial charge in [0.15, 0.2) is 0 Å². The van der Waals surface area contributed by atoms with Gasteiger partial charge in [-0.2, -0.15) is 13.2 Å². The fraction of sp³-hybridized carbons (Fsp3) is 0.231. The van der Waals surface area contributed by atoms with Crippen molar-refractivity contribution in [3.63, 3.8) is 0 Å². The molecule has 0 amide bonds. The van der Waals surface area contributed by atoms with Crippen LogP contribution in [0.3, 0.4) is 0 Å². The maximum Gasteiger partial charge on any atom is 0.416 e. The minimum atomic E-state index is -4.31. The zero-order valence-electron chi connectivity index (χ0n) is 10.0. The fourth-order valence-electron chi connectivity index (χ4n) is 1.67. The summed E-state index contributed by atoms with van der Waals surface area (Å²) in [5, 5.41) is 3.00. The van der Waals surface area contributed by atoms with E-state index in [2.05, 4.69) is 21.2 Å². The normalized spacial score (nSPS) is 11.6. The number of halogens is 4. The second-order valence-corrected chi connectivity index (χ2v) is 6.63. The van der Waals surface area contributed by atoms with Crippen LogP contribution in [0.2, 0.25) is 0 Å². The van der Waals surface area contributed by atoms with Gasteiger partial charge >= 0.3 is 6.18 Å². The molecule has 1 N–H and O–H groups in total. The van der Waals surface area contributed by atoms with Crippen LogP contribution in [0.4, 0.5) is 18.9 Å². The van der Waals surface area contributed by atoms with E-state index in [1.807, 2.05) is 12.1 Å². The first-order chi connectivity index (χ1) is 8.86. The van der Waals surface area contributed by atoms with Crippen LogP contribution >= 0.6 is 27.3 Å². The molecule has 0 aliphatic carbocycles. The van der Waals surface area contributed by atoms with E-state index in [1.165, 1.54) is 13.0 Å². The summed E-state index contributed by atoms with van der Waals surface area (Å²) in [6.45, 7) is 1.97.